The van der Waals surface area contributed by atoms with Crippen LogP contribution >= 0.6 is 0 Å². The molecule has 0 aliphatic carbocycles. The zero-order chi connectivity index (χ0) is 17.9. The molecule has 8 heteroatoms. The number of hydrogen-bond donors (Lipinski definition) is 1. The second-order valence-corrected chi connectivity index (χ2v) is 8.18. The molecule has 0 spiro atoms. The van der Waals surface area contributed by atoms with Crippen molar-refractivity contribution in [3.63, 3.8) is 0 Å². The molecular formula is C17H24N2O5S. The number of benzene rings is 1. The number of nitrogens with zero attached hydrogens (tertiary/aromatic N) is 1. The Hall–Kier alpha value is -1.48. The molecule has 1 N–H and O–H groups in total. The Kier molecular flexibility index (Phi) is 5.73. The van der Waals surface area contributed by atoms with E-state index in [0.717, 1.165) is 24.0 Å². The van der Waals surface area contributed by atoms with Crippen molar-refractivity contribution in [1.29, 1.82) is 0 Å². The zero-order valence-corrected chi connectivity index (χ0v) is 15.2. The summed E-state index contributed by atoms with van der Waals surface area (Å²) in [4.78, 5) is 13.9. The Morgan fingerprint density at radius 1 is 1.40 bits per heavy atom. The van der Waals surface area contributed by atoms with Crippen molar-refractivity contribution in [1.82, 2.24) is 9.62 Å². The summed E-state index contributed by atoms with van der Waals surface area (Å²) >= 11 is 0. The van der Waals surface area contributed by atoms with Crippen LogP contribution in [-0.4, -0.2) is 58.7 Å². The van der Waals surface area contributed by atoms with E-state index in [1.165, 1.54) is 7.11 Å². The van der Waals surface area contributed by atoms with Gasteiger partial charge in [-0.05, 0) is 42.5 Å². The van der Waals surface area contributed by atoms with Crippen LogP contribution in [0.2, 0.25) is 0 Å². The van der Waals surface area contributed by atoms with Crippen LogP contribution in [0.5, 0.6) is 0 Å². The van der Waals surface area contributed by atoms with Gasteiger partial charge in [0.25, 0.3) is 0 Å². The number of amides is 1. The van der Waals surface area contributed by atoms with Gasteiger partial charge in [0, 0.05) is 33.4 Å². The van der Waals surface area contributed by atoms with Crippen molar-refractivity contribution in [2.75, 3.05) is 33.4 Å². The number of fused-ring (bicyclic) bond motifs is 1. The van der Waals surface area contributed by atoms with Gasteiger partial charge in [-0.1, -0.05) is 6.07 Å². The van der Waals surface area contributed by atoms with Gasteiger partial charge in [0.05, 0.1) is 11.0 Å². The number of carbonyl (C=O) groups is 1. The first-order chi connectivity index (χ1) is 12.0. The van der Waals surface area contributed by atoms with E-state index in [1.807, 2.05) is 0 Å². The molecule has 2 heterocycles. The van der Waals surface area contributed by atoms with E-state index in [4.69, 9.17) is 9.47 Å². The molecule has 3 rings (SSSR count). The van der Waals surface area contributed by atoms with E-state index < -0.39 is 10.0 Å². The molecule has 1 aromatic rings. The van der Waals surface area contributed by atoms with Crippen molar-refractivity contribution < 1.29 is 22.7 Å². The molecule has 1 aromatic carbocycles. The molecule has 1 fully saturated rings. The molecule has 138 valence electrons. The summed E-state index contributed by atoms with van der Waals surface area (Å²) in [6, 6.07) is 5.11. The molecule has 0 unspecified atom stereocenters. The number of methoxy groups -OCH3 is 1. The Balaban J connectivity index is 1.68. The highest BCUT2D eigenvalue weighted by Crippen LogP contribution is 2.23. The second-order valence-electron chi connectivity index (χ2n) is 6.42. The third kappa shape index (κ3) is 4.38. The fraction of sp³-hybridized carbons (Fsp3) is 0.588. The minimum atomic E-state index is -3.55. The number of ether oxygens (including phenoxy) is 2. The molecule has 0 radical (unpaired) electrons. The molecular weight excluding hydrogens is 344 g/mol. The van der Waals surface area contributed by atoms with Gasteiger partial charge in [-0.15, -0.1) is 0 Å². The molecule has 0 saturated carbocycles. The lowest BCUT2D eigenvalue weighted by atomic mass is 10.00. The summed E-state index contributed by atoms with van der Waals surface area (Å²) in [6.07, 6.45) is 2.47. The fourth-order valence-corrected chi connectivity index (χ4v) is 4.33. The maximum Gasteiger partial charge on any atom is 0.248 e. The number of rotatable bonds is 6. The molecule has 2 aliphatic heterocycles. The molecule has 2 aliphatic rings. The monoisotopic (exact) mass is 368 g/mol. The van der Waals surface area contributed by atoms with E-state index in [1.54, 1.807) is 23.1 Å². The van der Waals surface area contributed by atoms with Gasteiger partial charge in [0.2, 0.25) is 15.9 Å². The summed E-state index contributed by atoms with van der Waals surface area (Å²) in [6.45, 7) is 2.13. The first-order valence-electron chi connectivity index (χ1n) is 8.49. The highest BCUT2D eigenvalue weighted by molar-refractivity contribution is 7.89. The third-order valence-electron chi connectivity index (χ3n) is 4.65. The average molecular weight is 368 g/mol. The maximum absolute atomic E-state index is 12.5. The third-order valence-corrected chi connectivity index (χ3v) is 6.07. The van der Waals surface area contributed by atoms with Crippen molar-refractivity contribution in [2.45, 2.75) is 36.8 Å². The largest absolute Gasteiger partial charge is 0.377 e. The van der Waals surface area contributed by atoms with E-state index in [2.05, 4.69) is 4.72 Å². The standard InChI is InChI=1S/C17H24N2O5S/c1-23-12-17(20)19-7-6-13-9-16(5-4-14(13)11-19)25(21,22)18-10-15-3-2-8-24-15/h4-5,9,15,18H,2-3,6-8,10-12H2,1H3/t15-/m0/s1. The highest BCUT2D eigenvalue weighted by Gasteiger charge is 2.24. The lowest BCUT2D eigenvalue weighted by Crippen LogP contribution is -2.38. The summed E-state index contributed by atoms with van der Waals surface area (Å²) < 4.78 is 37.9. The highest BCUT2D eigenvalue weighted by atomic mass is 32.2. The van der Waals surface area contributed by atoms with Gasteiger partial charge in [0.15, 0.2) is 0 Å². The Morgan fingerprint density at radius 2 is 2.24 bits per heavy atom. The molecule has 1 amide bonds. The van der Waals surface area contributed by atoms with E-state index in [9.17, 15) is 13.2 Å². The van der Waals surface area contributed by atoms with Gasteiger partial charge in [-0.25, -0.2) is 13.1 Å². The summed E-state index contributed by atoms with van der Waals surface area (Å²) in [5.74, 6) is -0.0527. The summed E-state index contributed by atoms with van der Waals surface area (Å²) in [5.41, 5.74) is 1.95. The molecule has 1 saturated heterocycles. The average Bonchev–Trinajstić information content (AvgIpc) is 3.13. The van der Waals surface area contributed by atoms with Gasteiger partial charge in [-0.2, -0.15) is 0 Å². The van der Waals surface area contributed by atoms with Gasteiger partial charge >= 0.3 is 0 Å². The molecule has 7 nitrogen and oxygen atoms in total. The normalized spacial score (nSPS) is 20.5. The van der Waals surface area contributed by atoms with Gasteiger partial charge in [0.1, 0.15) is 6.61 Å². The SMILES string of the molecule is COCC(=O)N1CCc2cc(S(=O)(=O)NC[C@@H]3CCCO3)ccc2C1. The van der Waals surface area contributed by atoms with Crippen LogP contribution in [0.4, 0.5) is 0 Å². The van der Waals surface area contributed by atoms with Crippen LogP contribution in [0, 0.1) is 0 Å². The van der Waals surface area contributed by atoms with E-state index >= 15 is 0 Å². The summed E-state index contributed by atoms with van der Waals surface area (Å²) in [5, 5.41) is 0. The van der Waals surface area contributed by atoms with Gasteiger partial charge in [-0.3, -0.25) is 4.79 Å². The van der Waals surface area contributed by atoms with Crippen LogP contribution in [0.3, 0.4) is 0 Å². The van der Waals surface area contributed by atoms with Crippen LogP contribution < -0.4 is 4.72 Å². The molecule has 0 bridgehead atoms. The smallest absolute Gasteiger partial charge is 0.248 e. The van der Waals surface area contributed by atoms with Crippen molar-refractivity contribution >= 4 is 15.9 Å². The van der Waals surface area contributed by atoms with Crippen LogP contribution in [-0.2, 0) is 37.3 Å². The lowest BCUT2D eigenvalue weighted by Gasteiger charge is -2.29. The Bertz CT molecular complexity index is 729. The maximum atomic E-state index is 12.5. The predicted molar refractivity (Wildman–Crippen MR) is 91.6 cm³/mol. The zero-order valence-electron chi connectivity index (χ0n) is 14.4. The van der Waals surface area contributed by atoms with Crippen LogP contribution in [0.25, 0.3) is 0 Å². The number of carbonyl (C=O) groups excluding carboxylic acids is 1. The Morgan fingerprint density at radius 3 is 2.96 bits per heavy atom. The van der Waals surface area contributed by atoms with Crippen LogP contribution in [0.1, 0.15) is 24.0 Å². The number of hydrogen-bond acceptors (Lipinski definition) is 5. The van der Waals surface area contributed by atoms with Crippen molar-refractivity contribution in [3.05, 3.63) is 29.3 Å². The lowest BCUT2D eigenvalue weighted by molar-refractivity contribution is -0.136. The van der Waals surface area contributed by atoms with Crippen molar-refractivity contribution in [2.24, 2.45) is 0 Å². The first kappa shape index (κ1) is 18.3. The van der Waals surface area contributed by atoms with E-state index in [-0.39, 0.29) is 23.5 Å². The minimum absolute atomic E-state index is 0.0345. The molecule has 25 heavy (non-hydrogen) atoms. The molecule has 1 atom stereocenters. The quantitative estimate of drug-likeness (QED) is 0.798. The van der Waals surface area contributed by atoms with Crippen molar-refractivity contribution in [3.8, 4) is 0 Å². The Labute approximate surface area is 148 Å². The van der Waals surface area contributed by atoms with Crippen LogP contribution in [0.15, 0.2) is 23.1 Å². The summed E-state index contributed by atoms with van der Waals surface area (Å²) in [7, 11) is -2.05. The number of sulfonamides is 1. The second kappa shape index (κ2) is 7.82. The fourth-order valence-electron chi connectivity index (χ4n) is 3.22. The predicted octanol–water partition coefficient (Wildman–Crippen LogP) is 0.675. The van der Waals surface area contributed by atoms with Gasteiger partial charge < -0.3 is 14.4 Å². The topological polar surface area (TPSA) is 84.9 Å². The first-order valence-corrected chi connectivity index (χ1v) is 9.97. The molecule has 0 aromatic heterocycles. The minimum Gasteiger partial charge on any atom is -0.377 e. The number of nitrogens with one attached hydrogen (secondary N) is 1. The van der Waals surface area contributed by atoms with E-state index in [0.29, 0.717) is 32.7 Å².